The highest BCUT2D eigenvalue weighted by atomic mass is 19.1. The van der Waals surface area contributed by atoms with Crippen molar-refractivity contribution >= 4 is 22.6 Å². The van der Waals surface area contributed by atoms with Gasteiger partial charge in [0.15, 0.2) is 11.6 Å². The minimum Gasteiger partial charge on any atom is -0.493 e. The zero-order chi connectivity index (χ0) is 30.0. The Morgan fingerprint density at radius 3 is 2.18 bits per heavy atom. The number of halogens is 1. The second kappa shape index (κ2) is 12.0. The van der Waals surface area contributed by atoms with E-state index in [9.17, 15) is 4.79 Å². The molecule has 5 aromatic rings. The molecule has 7 rings (SSSR count). The number of carbonyl (C=O) groups excluding carboxylic acids is 1. The molecule has 224 valence electrons. The van der Waals surface area contributed by atoms with Crippen LogP contribution >= 0.6 is 0 Å². The molecule has 0 spiro atoms. The van der Waals surface area contributed by atoms with E-state index in [1.807, 2.05) is 83.4 Å². The fourth-order valence-electron chi connectivity index (χ4n) is 5.74. The molecule has 0 radical (unpaired) electrons. The van der Waals surface area contributed by atoms with Crippen LogP contribution in [0.3, 0.4) is 0 Å². The van der Waals surface area contributed by atoms with E-state index in [4.69, 9.17) is 23.9 Å². The molecule has 0 bridgehead atoms. The van der Waals surface area contributed by atoms with Gasteiger partial charge >= 0.3 is 0 Å². The van der Waals surface area contributed by atoms with Crippen LogP contribution in [-0.2, 0) is 22.7 Å². The van der Waals surface area contributed by atoms with Gasteiger partial charge in [-0.2, -0.15) is 0 Å². The zero-order valence-corrected chi connectivity index (χ0v) is 24.4. The van der Waals surface area contributed by atoms with Crippen molar-refractivity contribution in [1.29, 1.82) is 0 Å². The number of ether oxygens (including phenoxy) is 4. The number of hydrogen-bond acceptors (Lipinski definition) is 6. The van der Waals surface area contributed by atoms with Crippen molar-refractivity contribution in [3.05, 3.63) is 102 Å². The molecule has 3 heterocycles. The van der Waals surface area contributed by atoms with Gasteiger partial charge in [0.1, 0.15) is 19.0 Å². The number of imidazole rings is 1. The summed E-state index contributed by atoms with van der Waals surface area (Å²) in [7, 11) is 1.52. The molecule has 8 nitrogen and oxygen atoms in total. The Kier molecular flexibility index (Phi) is 7.62. The van der Waals surface area contributed by atoms with E-state index in [1.54, 1.807) is 11.0 Å². The maximum absolute atomic E-state index is 16.8. The first-order valence-electron chi connectivity index (χ1n) is 14.7. The van der Waals surface area contributed by atoms with Gasteiger partial charge in [0, 0.05) is 18.7 Å². The topological polar surface area (TPSA) is 75.1 Å². The van der Waals surface area contributed by atoms with Gasteiger partial charge in [-0.05, 0) is 41.8 Å². The average molecular weight is 594 g/mol. The molecule has 1 aromatic heterocycles. The highest BCUT2D eigenvalue weighted by Crippen LogP contribution is 2.46. The van der Waals surface area contributed by atoms with Gasteiger partial charge in [-0.1, -0.05) is 60.7 Å². The summed E-state index contributed by atoms with van der Waals surface area (Å²) in [6.07, 6.45) is 1.36. The number of rotatable bonds is 10. The number of fused-ring (bicyclic) bond motifs is 1. The summed E-state index contributed by atoms with van der Waals surface area (Å²) in [5.41, 5.74) is 4.31. The van der Waals surface area contributed by atoms with Crippen LogP contribution in [-0.4, -0.2) is 42.3 Å². The monoisotopic (exact) mass is 593 g/mol. The number of amides is 1. The van der Waals surface area contributed by atoms with E-state index in [1.165, 1.54) is 7.11 Å². The SMILES string of the molecule is COc1cc(-c2nc3cc(N4CCCC4=O)ccc3n2C2COC2)c(F)c(OCc2ccccc2)c1OCc1ccccc1. The standard InChI is InChI=1S/C35H32FN3O5/c1-41-30-18-27(32(36)34(44-20-24-11-6-3-7-12-24)33(30)43-19-23-9-4-2-5-10-23)35-37-28-17-25(38-16-8-13-31(38)40)14-15-29(28)39(35)26-21-42-22-26/h2-7,9-12,14-15,17-18,26H,8,13,16,19-22H2,1H3. The Morgan fingerprint density at radius 2 is 1.59 bits per heavy atom. The van der Waals surface area contributed by atoms with Crippen molar-refractivity contribution in [1.82, 2.24) is 9.55 Å². The van der Waals surface area contributed by atoms with E-state index < -0.39 is 5.82 Å². The van der Waals surface area contributed by atoms with Crippen molar-refractivity contribution in [2.45, 2.75) is 32.1 Å². The Hall–Kier alpha value is -4.89. The van der Waals surface area contributed by atoms with Crippen molar-refractivity contribution < 1.29 is 28.1 Å². The molecule has 0 unspecified atom stereocenters. The number of anilines is 1. The largest absolute Gasteiger partial charge is 0.493 e. The Balaban J connectivity index is 1.35. The Labute approximate surface area is 254 Å². The predicted octanol–water partition coefficient (Wildman–Crippen LogP) is 6.71. The van der Waals surface area contributed by atoms with Gasteiger partial charge in [0.25, 0.3) is 0 Å². The summed E-state index contributed by atoms with van der Waals surface area (Å²) in [6.45, 7) is 1.98. The lowest BCUT2D eigenvalue weighted by atomic mass is 10.1. The number of benzene rings is 4. The Bertz CT molecular complexity index is 1800. The lowest BCUT2D eigenvalue weighted by molar-refractivity contribution is -0.117. The van der Waals surface area contributed by atoms with Crippen molar-refractivity contribution in [3.63, 3.8) is 0 Å². The fourth-order valence-corrected chi connectivity index (χ4v) is 5.74. The van der Waals surface area contributed by atoms with E-state index in [2.05, 4.69) is 0 Å². The number of hydrogen-bond donors (Lipinski definition) is 0. The van der Waals surface area contributed by atoms with Crippen molar-refractivity contribution in [2.24, 2.45) is 0 Å². The highest BCUT2D eigenvalue weighted by molar-refractivity contribution is 5.97. The predicted molar refractivity (Wildman–Crippen MR) is 165 cm³/mol. The minimum atomic E-state index is -0.600. The third-order valence-corrected chi connectivity index (χ3v) is 8.10. The second-order valence-corrected chi connectivity index (χ2v) is 11.0. The van der Waals surface area contributed by atoms with Crippen LogP contribution in [0.2, 0.25) is 0 Å². The van der Waals surface area contributed by atoms with Gasteiger partial charge in [-0.15, -0.1) is 0 Å². The smallest absolute Gasteiger partial charge is 0.227 e. The van der Waals surface area contributed by atoms with Crippen LogP contribution in [0.5, 0.6) is 17.2 Å². The van der Waals surface area contributed by atoms with E-state index in [0.29, 0.717) is 43.3 Å². The lowest BCUT2D eigenvalue weighted by Crippen LogP contribution is -2.31. The van der Waals surface area contributed by atoms with Crippen LogP contribution in [0, 0.1) is 5.82 Å². The summed E-state index contributed by atoms with van der Waals surface area (Å²) in [4.78, 5) is 19.2. The molecule has 4 aromatic carbocycles. The molecule has 0 N–H and O–H groups in total. The maximum atomic E-state index is 16.8. The minimum absolute atomic E-state index is 0.0256. The molecule has 44 heavy (non-hydrogen) atoms. The lowest BCUT2D eigenvalue weighted by Gasteiger charge is -2.29. The van der Waals surface area contributed by atoms with Gasteiger partial charge < -0.3 is 28.4 Å². The molecular weight excluding hydrogens is 561 g/mol. The zero-order valence-electron chi connectivity index (χ0n) is 24.4. The summed E-state index contributed by atoms with van der Waals surface area (Å²) >= 11 is 0. The maximum Gasteiger partial charge on any atom is 0.227 e. The molecule has 0 aliphatic carbocycles. The molecular formula is C35H32FN3O5. The molecule has 2 fully saturated rings. The van der Waals surface area contributed by atoms with Gasteiger partial charge in [-0.25, -0.2) is 9.37 Å². The summed E-state index contributed by atoms with van der Waals surface area (Å²) in [5.74, 6) is 0.374. The van der Waals surface area contributed by atoms with E-state index >= 15 is 4.39 Å². The number of nitrogens with zero attached hydrogens (tertiary/aromatic N) is 3. The summed E-state index contributed by atoms with van der Waals surface area (Å²) < 4.78 is 42.5. The van der Waals surface area contributed by atoms with Crippen LogP contribution in [0.1, 0.15) is 30.0 Å². The second-order valence-electron chi connectivity index (χ2n) is 11.0. The average Bonchev–Trinajstić information content (AvgIpc) is 3.62. The Morgan fingerprint density at radius 1 is 0.909 bits per heavy atom. The first-order chi connectivity index (χ1) is 21.6. The van der Waals surface area contributed by atoms with Gasteiger partial charge in [0.05, 0.1) is 43.0 Å². The summed E-state index contributed by atoms with van der Waals surface area (Å²) in [5, 5.41) is 0. The molecule has 0 saturated carbocycles. The summed E-state index contributed by atoms with van der Waals surface area (Å²) in [6, 6.07) is 26.6. The van der Waals surface area contributed by atoms with Crippen LogP contribution in [0.4, 0.5) is 10.1 Å². The number of carbonyl (C=O) groups is 1. The third kappa shape index (κ3) is 5.24. The first kappa shape index (κ1) is 27.9. The fraction of sp³-hybridized carbons (Fsp3) is 0.257. The molecule has 0 atom stereocenters. The first-order valence-corrected chi connectivity index (χ1v) is 14.7. The van der Waals surface area contributed by atoms with Gasteiger partial charge in [-0.3, -0.25) is 4.79 Å². The van der Waals surface area contributed by atoms with Crippen LogP contribution in [0.25, 0.3) is 22.4 Å². The third-order valence-electron chi connectivity index (χ3n) is 8.10. The molecule has 2 aliphatic rings. The van der Waals surface area contributed by atoms with E-state index in [-0.39, 0.29) is 42.2 Å². The van der Waals surface area contributed by atoms with Crippen molar-refractivity contribution in [2.75, 3.05) is 31.8 Å². The van der Waals surface area contributed by atoms with E-state index in [0.717, 1.165) is 28.8 Å². The highest BCUT2D eigenvalue weighted by Gasteiger charge is 2.31. The number of aromatic nitrogens is 2. The molecule has 9 heteroatoms. The normalized spacial score (nSPS) is 15.0. The molecule has 2 saturated heterocycles. The number of methoxy groups -OCH3 is 1. The van der Waals surface area contributed by atoms with Gasteiger partial charge in [0.2, 0.25) is 17.4 Å². The van der Waals surface area contributed by atoms with Crippen molar-refractivity contribution in [3.8, 4) is 28.6 Å². The molecule has 1 amide bonds. The van der Waals surface area contributed by atoms with Crippen LogP contribution in [0.15, 0.2) is 84.9 Å². The quantitative estimate of drug-likeness (QED) is 0.179. The molecule has 2 aliphatic heterocycles. The van der Waals surface area contributed by atoms with Crippen LogP contribution < -0.4 is 19.1 Å².